The molecular formula is C19H25N5O2. The zero-order valence-corrected chi connectivity index (χ0v) is 15.2. The maximum absolute atomic E-state index is 10.0. The molecule has 3 rings (SSSR count). The van der Waals surface area contributed by atoms with Gasteiger partial charge in [-0.3, -0.25) is 4.99 Å². The van der Waals surface area contributed by atoms with Crippen LogP contribution in [0.3, 0.4) is 0 Å². The maximum Gasteiger partial charge on any atom is 0.213 e. The number of piperazine rings is 1. The average Bonchev–Trinajstić information content (AvgIpc) is 2.69. The van der Waals surface area contributed by atoms with E-state index in [-0.39, 0.29) is 0 Å². The highest BCUT2D eigenvalue weighted by Crippen LogP contribution is 2.27. The molecule has 138 valence electrons. The van der Waals surface area contributed by atoms with Crippen molar-refractivity contribution in [2.24, 2.45) is 4.99 Å². The Morgan fingerprint density at radius 1 is 1.23 bits per heavy atom. The first-order valence-corrected chi connectivity index (χ1v) is 8.68. The van der Waals surface area contributed by atoms with Crippen LogP contribution in [0.4, 0.5) is 5.69 Å². The predicted molar refractivity (Wildman–Crippen MR) is 103 cm³/mol. The van der Waals surface area contributed by atoms with Crippen LogP contribution in [-0.2, 0) is 6.54 Å². The van der Waals surface area contributed by atoms with Gasteiger partial charge in [0.15, 0.2) is 5.96 Å². The summed E-state index contributed by atoms with van der Waals surface area (Å²) in [6.45, 7) is 4.01. The number of anilines is 1. The third-order valence-corrected chi connectivity index (χ3v) is 4.47. The number of aromatic nitrogens is 1. The number of guanidine groups is 1. The molecule has 1 aliphatic rings. The molecule has 1 saturated heterocycles. The third-order valence-electron chi connectivity index (χ3n) is 4.47. The monoisotopic (exact) mass is 355 g/mol. The molecule has 1 aromatic carbocycles. The summed E-state index contributed by atoms with van der Waals surface area (Å²) in [4.78, 5) is 13.0. The van der Waals surface area contributed by atoms with Crippen molar-refractivity contribution in [1.29, 1.82) is 0 Å². The van der Waals surface area contributed by atoms with Gasteiger partial charge in [0.2, 0.25) is 5.88 Å². The van der Waals surface area contributed by atoms with Gasteiger partial charge < -0.3 is 25.0 Å². The summed E-state index contributed by atoms with van der Waals surface area (Å²) in [5.41, 5.74) is 1.98. The number of phenols is 1. The normalized spacial score (nSPS) is 15.1. The predicted octanol–water partition coefficient (Wildman–Crippen LogP) is 1.69. The number of hydrogen-bond donors (Lipinski definition) is 2. The number of hydrogen-bond acceptors (Lipinski definition) is 5. The van der Waals surface area contributed by atoms with Crippen molar-refractivity contribution in [2.75, 3.05) is 45.2 Å². The van der Waals surface area contributed by atoms with E-state index >= 15 is 0 Å². The molecule has 0 atom stereocenters. The van der Waals surface area contributed by atoms with Gasteiger partial charge in [-0.05, 0) is 23.8 Å². The molecule has 0 amide bonds. The van der Waals surface area contributed by atoms with Gasteiger partial charge in [-0.25, -0.2) is 4.98 Å². The summed E-state index contributed by atoms with van der Waals surface area (Å²) in [6, 6.07) is 11.3. The first-order valence-electron chi connectivity index (χ1n) is 8.68. The molecule has 0 spiro atoms. The average molecular weight is 355 g/mol. The van der Waals surface area contributed by atoms with Gasteiger partial charge in [0.1, 0.15) is 5.75 Å². The quantitative estimate of drug-likeness (QED) is 0.642. The van der Waals surface area contributed by atoms with Crippen molar-refractivity contribution in [2.45, 2.75) is 6.54 Å². The van der Waals surface area contributed by atoms with E-state index in [1.165, 1.54) is 0 Å². The Kier molecular flexibility index (Phi) is 5.78. The van der Waals surface area contributed by atoms with E-state index in [1.807, 2.05) is 30.3 Å². The van der Waals surface area contributed by atoms with Crippen LogP contribution in [-0.4, -0.2) is 61.3 Å². The Morgan fingerprint density at radius 3 is 2.69 bits per heavy atom. The molecule has 0 unspecified atom stereocenters. The molecule has 1 aromatic heterocycles. The van der Waals surface area contributed by atoms with Gasteiger partial charge in [-0.1, -0.05) is 12.1 Å². The van der Waals surface area contributed by atoms with E-state index in [2.05, 4.69) is 25.1 Å². The molecule has 0 saturated carbocycles. The van der Waals surface area contributed by atoms with Crippen molar-refractivity contribution >= 4 is 11.6 Å². The highest BCUT2D eigenvalue weighted by atomic mass is 16.5. The Bertz CT molecular complexity index is 757. The molecule has 7 nitrogen and oxygen atoms in total. The molecule has 1 fully saturated rings. The summed E-state index contributed by atoms with van der Waals surface area (Å²) in [6.07, 6.45) is 1.74. The second kappa shape index (κ2) is 8.42. The molecule has 1 aliphatic heterocycles. The molecular weight excluding hydrogens is 330 g/mol. The number of nitrogens with zero attached hydrogens (tertiary/aromatic N) is 4. The van der Waals surface area contributed by atoms with Crippen molar-refractivity contribution < 1.29 is 9.84 Å². The highest BCUT2D eigenvalue weighted by molar-refractivity contribution is 5.80. The molecule has 26 heavy (non-hydrogen) atoms. The summed E-state index contributed by atoms with van der Waals surface area (Å²) in [5, 5.41) is 13.4. The minimum Gasteiger partial charge on any atom is -0.506 e. The summed E-state index contributed by atoms with van der Waals surface area (Å²) < 4.78 is 5.16. The van der Waals surface area contributed by atoms with Crippen molar-refractivity contribution in [3.8, 4) is 11.6 Å². The second-order valence-electron chi connectivity index (χ2n) is 6.07. The lowest BCUT2D eigenvalue weighted by Crippen LogP contribution is -2.52. The number of benzene rings is 1. The molecule has 0 bridgehead atoms. The van der Waals surface area contributed by atoms with Crippen molar-refractivity contribution in [3.05, 3.63) is 48.2 Å². The van der Waals surface area contributed by atoms with Gasteiger partial charge in [-0.2, -0.15) is 0 Å². The van der Waals surface area contributed by atoms with Crippen LogP contribution in [0.5, 0.6) is 11.6 Å². The minimum absolute atomic E-state index is 0.329. The number of aliphatic imine (C=N–C) groups is 1. The van der Waals surface area contributed by atoms with Gasteiger partial charge in [0, 0.05) is 52.0 Å². The fraction of sp³-hybridized carbons (Fsp3) is 0.368. The van der Waals surface area contributed by atoms with E-state index in [4.69, 9.17) is 4.74 Å². The van der Waals surface area contributed by atoms with Crippen LogP contribution in [0, 0.1) is 0 Å². The number of methoxy groups -OCH3 is 1. The van der Waals surface area contributed by atoms with E-state index in [0.29, 0.717) is 18.2 Å². The topological polar surface area (TPSA) is 73.2 Å². The van der Waals surface area contributed by atoms with E-state index in [1.54, 1.807) is 26.4 Å². The summed E-state index contributed by atoms with van der Waals surface area (Å²) >= 11 is 0. The number of pyridine rings is 1. The number of aromatic hydroxyl groups is 1. The molecule has 2 heterocycles. The van der Waals surface area contributed by atoms with Crippen molar-refractivity contribution in [3.63, 3.8) is 0 Å². The van der Waals surface area contributed by atoms with E-state index in [0.717, 1.165) is 43.4 Å². The first-order chi connectivity index (χ1) is 12.7. The molecule has 0 aliphatic carbocycles. The fourth-order valence-electron chi connectivity index (χ4n) is 3.08. The second-order valence-corrected chi connectivity index (χ2v) is 6.07. The molecule has 2 aromatic rings. The third kappa shape index (κ3) is 4.17. The zero-order valence-electron chi connectivity index (χ0n) is 15.2. The van der Waals surface area contributed by atoms with E-state index < -0.39 is 0 Å². The first kappa shape index (κ1) is 17.8. The number of ether oxygens (including phenoxy) is 1. The molecule has 2 N–H and O–H groups in total. The minimum atomic E-state index is 0.329. The largest absolute Gasteiger partial charge is 0.506 e. The van der Waals surface area contributed by atoms with Gasteiger partial charge in [0.05, 0.1) is 12.8 Å². The number of phenolic OH excluding ortho intramolecular Hbond substituents is 1. The fourth-order valence-corrected chi connectivity index (χ4v) is 3.08. The van der Waals surface area contributed by atoms with Crippen LogP contribution >= 0.6 is 0 Å². The number of nitrogens with one attached hydrogen (secondary N) is 1. The number of rotatable bonds is 4. The summed E-state index contributed by atoms with van der Waals surface area (Å²) in [7, 11) is 3.41. The Hall–Kier alpha value is -2.96. The lowest BCUT2D eigenvalue weighted by molar-refractivity contribution is 0.369. The lowest BCUT2D eigenvalue weighted by Gasteiger charge is -2.37. The van der Waals surface area contributed by atoms with Crippen molar-refractivity contribution in [1.82, 2.24) is 15.2 Å². The van der Waals surface area contributed by atoms with Gasteiger partial charge >= 0.3 is 0 Å². The lowest BCUT2D eigenvalue weighted by atomic mass is 10.2. The Balaban J connectivity index is 1.56. The smallest absolute Gasteiger partial charge is 0.213 e. The maximum atomic E-state index is 10.0. The van der Waals surface area contributed by atoms with Crippen LogP contribution in [0.2, 0.25) is 0 Å². The van der Waals surface area contributed by atoms with E-state index in [9.17, 15) is 5.11 Å². The Morgan fingerprint density at radius 2 is 2.00 bits per heavy atom. The van der Waals surface area contributed by atoms with Crippen LogP contribution < -0.4 is 15.0 Å². The van der Waals surface area contributed by atoms with Crippen LogP contribution in [0.1, 0.15) is 5.56 Å². The Labute approximate surface area is 153 Å². The zero-order chi connectivity index (χ0) is 18.4. The molecule has 7 heteroatoms. The SMILES string of the molecule is CN=C(NCc1ccnc(OC)c1)N1CCN(c2ccccc2O)CC1. The molecule has 0 radical (unpaired) electrons. The summed E-state index contributed by atoms with van der Waals surface area (Å²) in [5.74, 6) is 1.81. The highest BCUT2D eigenvalue weighted by Gasteiger charge is 2.21. The van der Waals surface area contributed by atoms with Crippen LogP contribution in [0.25, 0.3) is 0 Å². The van der Waals surface area contributed by atoms with Gasteiger partial charge in [0.25, 0.3) is 0 Å². The number of para-hydroxylation sites is 2. The standard InChI is InChI=1S/C19H25N5O2/c1-20-19(22-14-15-7-8-21-18(13-15)26-2)24-11-9-23(10-12-24)16-5-3-4-6-17(16)25/h3-8,13,25H,9-12,14H2,1-2H3,(H,20,22). The van der Waals surface area contributed by atoms with Crippen LogP contribution in [0.15, 0.2) is 47.6 Å². The van der Waals surface area contributed by atoms with Gasteiger partial charge in [-0.15, -0.1) is 0 Å².